The predicted molar refractivity (Wildman–Crippen MR) is 169 cm³/mol. The Morgan fingerprint density at radius 2 is 1.36 bits per heavy atom. The molecule has 0 unspecified atom stereocenters. The summed E-state index contributed by atoms with van der Waals surface area (Å²) in [6.45, 7) is 10.2. The van der Waals surface area contributed by atoms with Crippen LogP contribution < -0.4 is 10.9 Å². The van der Waals surface area contributed by atoms with E-state index in [0.29, 0.717) is 78.3 Å². The fourth-order valence-electron chi connectivity index (χ4n) is 5.79. The largest absolute Gasteiger partial charge is 0.465 e. The average molecular weight is 627 g/mol. The van der Waals surface area contributed by atoms with Crippen LogP contribution in [0.2, 0.25) is 0 Å². The third kappa shape index (κ3) is 4.78. The zero-order valence-corrected chi connectivity index (χ0v) is 26.7. The lowest BCUT2D eigenvalue weighted by atomic mass is 9.96. The van der Waals surface area contributed by atoms with Crippen LogP contribution in [0.5, 0.6) is 0 Å². The van der Waals surface area contributed by atoms with Crippen LogP contribution in [0.15, 0.2) is 53.7 Å². The average Bonchev–Trinajstić information content (AvgIpc) is 3.02. The first-order valence-electron chi connectivity index (χ1n) is 14.3. The number of ether oxygens (including phenoxy) is 1. The number of carbonyl (C=O) groups is 1. The molecule has 2 aromatic carbocycles. The Bertz CT molecular complexity index is 2400. The molecule has 4 aliphatic rings. The molecule has 0 fully saturated rings. The summed E-state index contributed by atoms with van der Waals surface area (Å²) in [5.74, 6) is -0.196. The molecule has 0 saturated heterocycles. The van der Waals surface area contributed by atoms with Gasteiger partial charge in [0.2, 0.25) is 0 Å². The topological polar surface area (TPSA) is 147 Å². The van der Waals surface area contributed by atoms with Crippen LogP contribution >= 0.6 is 0 Å². The molecular weight excluding hydrogens is 596 g/mol. The van der Waals surface area contributed by atoms with E-state index in [0.717, 1.165) is 0 Å². The number of hydrogen-bond donors (Lipinski definition) is 0. The number of methoxy groups -OCH3 is 1. The third-order valence-corrected chi connectivity index (χ3v) is 10.5. The van der Waals surface area contributed by atoms with Gasteiger partial charge in [0.05, 0.1) is 23.3 Å². The molecule has 0 radical (unpaired) electrons. The van der Waals surface area contributed by atoms with E-state index in [1.807, 2.05) is 0 Å². The molecule has 0 aromatic heterocycles. The van der Waals surface area contributed by atoms with Crippen LogP contribution in [-0.2, 0) is 21.0 Å². The van der Waals surface area contributed by atoms with Crippen molar-refractivity contribution in [1.82, 2.24) is 9.97 Å². The van der Waals surface area contributed by atoms with Crippen LogP contribution in [0.25, 0.3) is 45.1 Å². The number of esters is 1. The maximum Gasteiger partial charge on any atom is 0.337 e. The highest BCUT2D eigenvalue weighted by atomic mass is 32.2. The molecule has 2 aliphatic carbocycles. The molecule has 0 atom stereocenters. The number of rotatable bonds is 5. The van der Waals surface area contributed by atoms with Crippen LogP contribution in [-0.4, -0.2) is 37.2 Å². The first-order chi connectivity index (χ1) is 21.2. The summed E-state index contributed by atoms with van der Waals surface area (Å²) < 4.78 is 44.4. The Morgan fingerprint density at radius 1 is 0.756 bits per heavy atom. The molecule has 11 heteroatoms. The van der Waals surface area contributed by atoms with Gasteiger partial charge in [-0.2, -0.15) is 0 Å². The Morgan fingerprint density at radius 3 is 2.02 bits per heavy atom. The van der Waals surface area contributed by atoms with Gasteiger partial charge in [-0.05, 0) is 95.0 Å². The standard InChI is InChI=1S/C34H30N2O8S/c1-15-12-25-24(36-28-16(2)17(3)30(37)19(5)32(28)43-25)14-27(15)45(40,41)11-10-22-18(4)29-33(20(6)31(22)38)44-26-13-21(34(39)42-7)8-9-23(26)35-29/h8-9,12-14H,10-11H2,1-7H3. The lowest BCUT2D eigenvalue weighted by molar-refractivity contribution is 0.0600. The molecule has 0 amide bonds. The summed E-state index contributed by atoms with van der Waals surface area (Å²) in [7, 11) is -2.59. The van der Waals surface area contributed by atoms with Crippen molar-refractivity contribution < 1.29 is 26.8 Å². The zero-order valence-electron chi connectivity index (χ0n) is 25.9. The third-order valence-electron chi connectivity index (χ3n) is 8.61. The van der Waals surface area contributed by atoms with Gasteiger partial charge in [0.1, 0.15) is 22.4 Å². The van der Waals surface area contributed by atoms with Crippen molar-refractivity contribution in [3.05, 3.63) is 95.3 Å². The lowest BCUT2D eigenvalue weighted by Crippen LogP contribution is -2.21. The van der Waals surface area contributed by atoms with E-state index in [4.69, 9.17) is 23.5 Å². The highest BCUT2D eigenvalue weighted by Gasteiger charge is 2.26. The van der Waals surface area contributed by atoms with Gasteiger partial charge in [0.25, 0.3) is 0 Å². The van der Waals surface area contributed by atoms with Gasteiger partial charge in [-0.1, -0.05) is 0 Å². The van der Waals surface area contributed by atoms with Crippen LogP contribution in [0, 0.1) is 41.5 Å². The summed E-state index contributed by atoms with van der Waals surface area (Å²) in [5, 5.41) is 0. The van der Waals surface area contributed by atoms with E-state index in [-0.39, 0.29) is 39.3 Å². The molecule has 0 saturated carbocycles. The maximum absolute atomic E-state index is 13.7. The Kier molecular flexibility index (Phi) is 7.11. The van der Waals surface area contributed by atoms with Crippen molar-refractivity contribution in [3.8, 4) is 22.9 Å². The summed E-state index contributed by atoms with van der Waals surface area (Å²) in [4.78, 5) is 47.6. The highest BCUT2D eigenvalue weighted by molar-refractivity contribution is 7.91. The molecule has 230 valence electrons. The van der Waals surface area contributed by atoms with E-state index in [1.165, 1.54) is 19.2 Å². The van der Waals surface area contributed by atoms with Crippen LogP contribution in [0.1, 0.15) is 49.3 Å². The minimum absolute atomic E-state index is 0.0401. The number of sulfone groups is 1. The van der Waals surface area contributed by atoms with Crippen molar-refractivity contribution in [2.24, 2.45) is 0 Å². The van der Waals surface area contributed by atoms with Gasteiger partial charge >= 0.3 is 5.97 Å². The monoisotopic (exact) mass is 626 g/mol. The van der Waals surface area contributed by atoms with Gasteiger partial charge in [-0.15, -0.1) is 0 Å². The number of aromatic nitrogens is 2. The fourth-order valence-corrected chi connectivity index (χ4v) is 7.32. The minimum Gasteiger partial charge on any atom is -0.465 e. The quantitative estimate of drug-likeness (QED) is 0.176. The highest BCUT2D eigenvalue weighted by Crippen LogP contribution is 2.34. The summed E-state index contributed by atoms with van der Waals surface area (Å²) in [6.07, 6.45) is -0.0401. The first kappa shape index (κ1) is 30.1. The van der Waals surface area contributed by atoms with Gasteiger partial charge in [0, 0.05) is 22.3 Å². The van der Waals surface area contributed by atoms with E-state index >= 15 is 0 Å². The van der Waals surface area contributed by atoms with Crippen LogP contribution in [0.3, 0.4) is 0 Å². The van der Waals surface area contributed by atoms with Gasteiger partial charge in [0.15, 0.2) is 43.4 Å². The number of aryl methyl sites for hydroxylation is 1. The van der Waals surface area contributed by atoms with E-state index < -0.39 is 15.8 Å². The smallest absolute Gasteiger partial charge is 0.337 e. The number of benzene rings is 4. The molecular formula is C34H30N2O8S. The molecule has 45 heavy (non-hydrogen) atoms. The molecule has 2 heterocycles. The number of fused-ring (bicyclic) bond motifs is 4. The summed E-state index contributed by atoms with van der Waals surface area (Å²) >= 11 is 0. The maximum atomic E-state index is 13.7. The van der Waals surface area contributed by atoms with Crippen LogP contribution in [0.4, 0.5) is 0 Å². The van der Waals surface area contributed by atoms with Gasteiger partial charge in [-0.25, -0.2) is 23.2 Å². The lowest BCUT2D eigenvalue weighted by Gasteiger charge is -2.16. The zero-order chi connectivity index (χ0) is 32.5. The minimum atomic E-state index is -3.88. The summed E-state index contributed by atoms with van der Waals surface area (Å²) in [5.41, 5.74) is 5.62. The number of nitrogens with zero attached hydrogens (tertiary/aromatic N) is 2. The predicted octanol–water partition coefficient (Wildman–Crippen LogP) is 5.55. The second-order valence-corrected chi connectivity index (χ2v) is 13.5. The molecule has 2 aromatic rings. The SMILES string of the molecule is COC(=O)c1ccc2nc3c(C)c(CCS(=O)(=O)c4cc5nc6c(C)c(C)c(=O)c(C)c-6oc5cc4C)c(=O)c(C)c-3oc2c1. The van der Waals surface area contributed by atoms with Crippen molar-refractivity contribution in [3.63, 3.8) is 0 Å². The van der Waals surface area contributed by atoms with Crippen molar-refractivity contribution in [1.29, 1.82) is 0 Å². The van der Waals surface area contributed by atoms with Crippen molar-refractivity contribution >= 4 is 38.0 Å². The Balaban J connectivity index is 1.40. The normalized spacial score (nSPS) is 12.1. The fraction of sp³-hybridized carbons (Fsp3) is 0.265. The van der Waals surface area contributed by atoms with Gasteiger partial charge in [-0.3, -0.25) is 9.59 Å². The molecule has 0 N–H and O–H groups in total. The second kappa shape index (κ2) is 10.6. The molecule has 6 rings (SSSR count). The number of hydrogen-bond acceptors (Lipinski definition) is 10. The molecule has 10 nitrogen and oxygen atoms in total. The first-order valence-corrected chi connectivity index (χ1v) is 15.9. The number of carbonyl (C=O) groups excluding carboxylic acids is 1. The molecule has 2 aliphatic heterocycles. The second-order valence-electron chi connectivity index (χ2n) is 11.4. The Hall–Kier alpha value is -4.90. The Labute approximate surface area is 258 Å². The van der Waals surface area contributed by atoms with E-state index in [2.05, 4.69) is 0 Å². The van der Waals surface area contributed by atoms with Gasteiger partial charge < -0.3 is 13.6 Å². The van der Waals surface area contributed by atoms with Crippen molar-refractivity contribution in [2.75, 3.05) is 12.9 Å². The molecule has 0 bridgehead atoms. The summed E-state index contributed by atoms with van der Waals surface area (Å²) in [6, 6.07) is 7.81. The van der Waals surface area contributed by atoms with E-state index in [9.17, 15) is 22.8 Å². The van der Waals surface area contributed by atoms with Crippen molar-refractivity contribution in [2.45, 2.75) is 52.9 Å². The van der Waals surface area contributed by atoms with E-state index in [1.54, 1.807) is 59.7 Å². The molecule has 0 spiro atoms.